The number of ether oxygens (including phenoxy) is 1. The minimum absolute atomic E-state index is 0.0915. The second-order valence-electron chi connectivity index (χ2n) is 9.01. The molecule has 2 aromatic carbocycles. The van der Waals surface area contributed by atoms with Crippen LogP contribution in [0.1, 0.15) is 40.9 Å². The zero-order chi connectivity index (χ0) is 24.9. The van der Waals surface area contributed by atoms with E-state index in [-0.39, 0.29) is 35.6 Å². The van der Waals surface area contributed by atoms with Crippen molar-refractivity contribution in [3.05, 3.63) is 68.8 Å². The standard InChI is InChI=1S/C25H22Cl2N6O2/c1-25(2)20-14(7-8-32(25)3)9-16(10-15(20)11-28)30-24-29-12-17-22(31-24)35-13-33(23(17)34)21-18(26)5-4-6-19(21)27/h4-6,9-10,12H,7-8,13H2,1-3H3,(H,29,30,31). The van der Waals surface area contributed by atoms with E-state index in [4.69, 9.17) is 27.9 Å². The molecule has 35 heavy (non-hydrogen) atoms. The van der Waals surface area contributed by atoms with Gasteiger partial charge in [-0.1, -0.05) is 29.3 Å². The minimum Gasteiger partial charge on any atom is -0.455 e. The number of aromatic nitrogens is 2. The van der Waals surface area contributed by atoms with Crippen molar-refractivity contribution in [3.63, 3.8) is 0 Å². The molecule has 0 fully saturated rings. The Morgan fingerprint density at radius 2 is 1.97 bits per heavy atom. The highest BCUT2D eigenvalue weighted by molar-refractivity contribution is 6.40. The summed E-state index contributed by atoms with van der Waals surface area (Å²) in [5.41, 5.74) is 3.80. The predicted molar refractivity (Wildman–Crippen MR) is 135 cm³/mol. The summed E-state index contributed by atoms with van der Waals surface area (Å²) in [6, 6.07) is 11.2. The summed E-state index contributed by atoms with van der Waals surface area (Å²) in [6.07, 6.45) is 2.24. The number of nitriles is 1. The number of fused-ring (bicyclic) bond motifs is 2. The molecule has 0 unspecified atom stereocenters. The highest BCUT2D eigenvalue weighted by Crippen LogP contribution is 2.39. The van der Waals surface area contributed by atoms with E-state index in [1.54, 1.807) is 24.3 Å². The zero-order valence-electron chi connectivity index (χ0n) is 19.4. The van der Waals surface area contributed by atoms with Crippen LogP contribution in [0.5, 0.6) is 5.88 Å². The molecule has 3 aromatic rings. The van der Waals surface area contributed by atoms with Gasteiger partial charge < -0.3 is 10.1 Å². The average Bonchev–Trinajstić information content (AvgIpc) is 2.82. The Hall–Kier alpha value is -3.38. The fourth-order valence-corrected chi connectivity index (χ4v) is 5.20. The lowest BCUT2D eigenvalue weighted by Gasteiger charge is -2.42. The van der Waals surface area contributed by atoms with Gasteiger partial charge in [-0.3, -0.25) is 14.6 Å². The van der Waals surface area contributed by atoms with Gasteiger partial charge in [-0.2, -0.15) is 10.2 Å². The van der Waals surface area contributed by atoms with Crippen LogP contribution in [0.4, 0.5) is 17.3 Å². The molecular weight excluding hydrogens is 487 g/mol. The number of nitrogens with one attached hydrogen (secondary N) is 1. The molecule has 0 saturated heterocycles. The van der Waals surface area contributed by atoms with Gasteiger partial charge in [-0.15, -0.1) is 0 Å². The lowest BCUT2D eigenvalue weighted by Crippen LogP contribution is -2.44. The maximum atomic E-state index is 13.1. The monoisotopic (exact) mass is 508 g/mol. The molecule has 178 valence electrons. The average molecular weight is 509 g/mol. The molecule has 0 aliphatic carbocycles. The van der Waals surface area contributed by atoms with Crippen molar-refractivity contribution < 1.29 is 9.53 Å². The number of hydrogen-bond acceptors (Lipinski definition) is 7. The Balaban J connectivity index is 1.44. The summed E-state index contributed by atoms with van der Waals surface area (Å²) < 4.78 is 5.76. The van der Waals surface area contributed by atoms with E-state index in [9.17, 15) is 10.1 Å². The van der Waals surface area contributed by atoms with Crippen LogP contribution in [0.25, 0.3) is 0 Å². The number of hydrogen-bond donors (Lipinski definition) is 1. The van der Waals surface area contributed by atoms with Crippen molar-refractivity contribution in [2.75, 3.05) is 30.5 Å². The summed E-state index contributed by atoms with van der Waals surface area (Å²) in [4.78, 5) is 25.4. The first-order valence-corrected chi connectivity index (χ1v) is 11.8. The number of carbonyl (C=O) groups is 1. The number of para-hydroxylation sites is 1. The molecule has 0 atom stereocenters. The van der Waals surface area contributed by atoms with Crippen molar-refractivity contribution in [1.82, 2.24) is 14.9 Å². The molecule has 10 heteroatoms. The van der Waals surface area contributed by atoms with Crippen molar-refractivity contribution >= 4 is 46.4 Å². The maximum Gasteiger partial charge on any atom is 0.268 e. The van der Waals surface area contributed by atoms with E-state index in [1.165, 1.54) is 11.1 Å². The van der Waals surface area contributed by atoms with Crippen LogP contribution in [0.3, 0.4) is 0 Å². The Morgan fingerprint density at radius 1 is 1.23 bits per heavy atom. The second-order valence-corrected chi connectivity index (χ2v) is 9.83. The lowest BCUT2D eigenvalue weighted by molar-refractivity contribution is 0.0932. The number of likely N-dealkylation sites (N-methyl/N-ethyl adjacent to an activating group) is 1. The number of amides is 1. The first-order chi connectivity index (χ1) is 16.7. The summed E-state index contributed by atoms with van der Waals surface area (Å²) in [5, 5.41) is 13.7. The fraction of sp³-hybridized carbons (Fsp3) is 0.280. The first kappa shape index (κ1) is 23.4. The van der Waals surface area contributed by atoms with E-state index in [0.717, 1.165) is 24.1 Å². The molecule has 1 amide bonds. The topological polar surface area (TPSA) is 94.4 Å². The van der Waals surface area contributed by atoms with Gasteiger partial charge in [-0.05, 0) is 62.7 Å². The van der Waals surface area contributed by atoms with Gasteiger partial charge in [-0.25, -0.2) is 4.98 Å². The molecular formula is C25H22Cl2N6O2. The number of rotatable bonds is 3. The number of halogens is 2. The molecule has 8 nitrogen and oxygen atoms in total. The second kappa shape index (κ2) is 8.68. The fourth-order valence-electron chi connectivity index (χ4n) is 4.60. The van der Waals surface area contributed by atoms with Crippen LogP contribution >= 0.6 is 23.2 Å². The third-order valence-corrected chi connectivity index (χ3v) is 7.26. The zero-order valence-corrected chi connectivity index (χ0v) is 20.9. The molecule has 2 aliphatic heterocycles. The molecule has 2 aliphatic rings. The molecule has 0 saturated carbocycles. The van der Waals surface area contributed by atoms with Crippen LogP contribution in [0, 0.1) is 11.3 Å². The molecule has 1 N–H and O–H groups in total. The van der Waals surface area contributed by atoms with Crippen molar-refractivity contribution in [3.8, 4) is 11.9 Å². The van der Waals surface area contributed by atoms with Crippen LogP contribution < -0.4 is 15.0 Å². The quantitative estimate of drug-likeness (QED) is 0.524. The molecule has 3 heterocycles. The number of benzene rings is 2. The highest BCUT2D eigenvalue weighted by Gasteiger charge is 2.35. The highest BCUT2D eigenvalue weighted by atomic mass is 35.5. The number of nitrogens with zero attached hydrogens (tertiary/aromatic N) is 5. The SMILES string of the molecule is CN1CCc2cc(Nc3ncc4c(n3)OCN(c3c(Cl)cccc3Cl)C4=O)cc(C#N)c2C1(C)C. The summed E-state index contributed by atoms with van der Waals surface area (Å²) in [7, 11) is 2.07. The summed E-state index contributed by atoms with van der Waals surface area (Å²) in [6.45, 7) is 5.05. The number of anilines is 3. The Morgan fingerprint density at radius 3 is 2.69 bits per heavy atom. The minimum atomic E-state index is -0.361. The smallest absolute Gasteiger partial charge is 0.268 e. The van der Waals surface area contributed by atoms with E-state index >= 15 is 0 Å². The Labute approximate surface area is 213 Å². The first-order valence-electron chi connectivity index (χ1n) is 11.0. The predicted octanol–water partition coefficient (Wildman–Crippen LogP) is 5.12. The molecule has 0 spiro atoms. The third-order valence-electron chi connectivity index (χ3n) is 6.65. The van der Waals surface area contributed by atoms with Crippen molar-refractivity contribution in [2.24, 2.45) is 0 Å². The molecule has 5 rings (SSSR count). The van der Waals surface area contributed by atoms with Gasteiger partial charge in [0.05, 0.1) is 27.4 Å². The largest absolute Gasteiger partial charge is 0.455 e. The van der Waals surface area contributed by atoms with E-state index < -0.39 is 0 Å². The third kappa shape index (κ3) is 3.96. The van der Waals surface area contributed by atoms with Gasteiger partial charge in [0.15, 0.2) is 6.73 Å². The Kier molecular flexibility index (Phi) is 5.80. The van der Waals surface area contributed by atoms with E-state index in [0.29, 0.717) is 27.0 Å². The molecule has 1 aromatic heterocycles. The summed E-state index contributed by atoms with van der Waals surface area (Å²) >= 11 is 12.5. The van der Waals surface area contributed by atoms with Crippen LogP contribution in [0.15, 0.2) is 36.5 Å². The van der Waals surface area contributed by atoms with Gasteiger partial charge >= 0.3 is 0 Å². The lowest BCUT2D eigenvalue weighted by atomic mass is 9.80. The van der Waals surface area contributed by atoms with E-state index in [1.807, 2.05) is 6.07 Å². The van der Waals surface area contributed by atoms with Gasteiger partial charge in [0, 0.05) is 24.0 Å². The normalized spacial score (nSPS) is 16.7. The maximum absolute atomic E-state index is 13.1. The van der Waals surface area contributed by atoms with Crippen LogP contribution in [0.2, 0.25) is 10.0 Å². The molecule has 0 bridgehead atoms. The van der Waals surface area contributed by atoms with Gasteiger partial charge in [0.25, 0.3) is 5.91 Å². The van der Waals surface area contributed by atoms with E-state index in [2.05, 4.69) is 47.1 Å². The Bertz CT molecular complexity index is 1380. The van der Waals surface area contributed by atoms with Gasteiger partial charge in [0.1, 0.15) is 5.56 Å². The van der Waals surface area contributed by atoms with Gasteiger partial charge in [0.2, 0.25) is 11.8 Å². The number of carbonyl (C=O) groups excluding carboxylic acids is 1. The van der Waals surface area contributed by atoms with Crippen LogP contribution in [-0.2, 0) is 12.0 Å². The van der Waals surface area contributed by atoms with Crippen LogP contribution in [-0.4, -0.2) is 41.1 Å². The summed E-state index contributed by atoms with van der Waals surface area (Å²) in [5.74, 6) is 0.0599. The molecule has 0 radical (unpaired) electrons. The van der Waals surface area contributed by atoms with Crippen molar-refractivity contribution in [2.45, 2.75) is 25.8 Å². The van der Waals surface area contributed by atoms with Crippen molar-refractivity contribution in [1.29, 1.82) is 5.26 Å².